The van der Waals surface area contributed by atoms with Crippen molar-refractivity contribution in [2.45, 2.75) is 45.8 Å². The minimum absolute atomic E-state index is 0.405. The van der Waals surface area contributed by atoms with Gasteiger partial charge in [-0.1, -0.05) is 24.3 Å². The summed E-state index contributed by atoms with van der Waals surface area (Å²) in [5.41, 5.74) is 5.49. The van der Waals surface area contributed by atoms with Gasteiger partial charge in [0.25, 0.3) is 0 Å². The first-order valence-corrected chi connectivity index (χ1v) is 7.57. The average molecular weight is 282 g/mol. The summed E-state index contributed by atoms with van der Waals surface area (Å²) in [6.07, 6.45) is 2.14. The highest BCUT2D eigenvalue weighted by atomic mass is 16.5. The van der Waals surface area contributed by atoms with Crippen molar-refractivity contribution >= 4 is 0 Å². The Hall–Kier alpha value is -1.80. The third-order valence-electron chi connectivity index (χ3n) is 4.20. The van der Waals surface area contributed by atoms with Crippen LogP contribution in [0.15, 0.2) is 36.4 Å². The summed E-state index contributed by atoms with van der Waals surface area (Å²) in [4.78, 5) is 0. The minimum Gasteiger partial charge on any atom is -0.490 e. The van der Waals surface area contributed by atoms with E-state index in [0.29, 0.717) is 6.10 Å². The van der Waals surface area contributed by atoms with Crippen LogP contribution in [0.1, 0.15) is 46.8 Å². The van der Waals surface area contributed by atoms with Gasteiger partial charge in [-0.2, -0.15) is 0 Å². The van der Waals surface area contributed by atoms with E-state index in [0.717, 1.165) is 35.3 Å². The Morgan fingerprint density at radius 2 is 1.57 bits per heavy atom. The Morgan fingerprint density at radius 3 is 2.19 bits per heavy atom. The van der Waals surface area contributed by atoms with Gasteiger partial charge in [-0.05, 0) is 73.6 Å². The summed E-state index contributed by atoms with van der Waals surface area (Å²) >= 11 is 0. The normalized spacial score (nSPS) is 15.8. The van der Waals surface area contributed by atoms with Crippen molar-refractivity contribution in [2.24, 2.45) is 0 Å². The predicted octanol–water partition coefficient (Wildman–Crippen LogP) is 4.23. The number of aliphatic hydroxyl groups excluding tert-OH is 1. The standard InChI is InChI=1S/C19H22O2/c1-12-10-14(3)18(11-13(12)2)19(20)15-4-6-16(7-5-15)21-17-8-9-17/h4-7,10-11,17,19-20H,8-9H2,1-3H3. The molecule has 21 heavy (non-hydrogen) atoms. The van der Waals surface area contributed by atoms with Crippen molar-refractivity contribution in [3.05, 3.63) is 64.2 Å². The molecule has 0 radical (unpaired) electrons. The summed E-state index contributed by atoms with van der Waals surface area (Å²) < 4.78 is 5.74. The van der Waals surface area contributed by atoms with Crippen molar-refractivity contribution in [3.63, 3.8) is 0 Å². The maximum atomic E-state index is 10.6. The molecule has 0 aliphatic heterocycles. The molecule has 1 aliphatic carbocycles. The molecule has 0 amide bonds. The van der Waals surface area contributed by atoms with E-state index in [2.05, 4.69) is 32.9 Å². The lowest BCUT2D eigenvalue weighted by Crippen LogP contribution is -2.04. The molecule has 1 fully saturated rings. The molecular weight excluding hydrogens is 260 g/mol. The van der Waals surface area contributed by atoms with Gasteiger partial charge >= 0.3 is 0 Å². The third kappa shape index (κ3) is 3.11. The maximum Gasteiger partial charge on any atom is 0.119 e. The first-order valence-electron chi connectivity index (χ1n) is 7.57. The van der Waals surface area contributed by atoms with Gasteiger partial charge in [0.15, 0.2) is 0 Å². The average Bonchev–Trinajstić information content (AvgIpc) is 3.27. The molecule has 1 saturated carbocycles. The molecule has 0 heterocycles. The molecule has 110 valence electrons. The van der Waals surface area contributed by atoms with E-state index < -0.39 is 6.10 Å². The molecule has 1 atom stereocenters. The minimum atomic E-state index is -0.584. The van der Waals surface area contributed by atoms with E-state index in [9.17, 15) is 5.11 Å². The zero-order chi connectivity index (χ0) is 15.0. The van der Waals surface area contributed by atoms with Crippen molar-refractivity contribution in [1.82, 2.24) is 0 Å². The zero-order valence-electron chi connectivity index (χ0n) is 12.9. The topological polar surface area (TPSA) is 29.5 Å². The number of hydrogen-bond acceptors (Lipinski definition) is 2. The van der Waals surface area contributed by atoms with E-state index in [4.69, 9.17) is 4.74 Å². The second kappa shape index (κ2) is 5.53. The molecule has 2 nitrogen and oxygen atoms in total. The quantitative estimate of drug-likeness (QED) is 0.909. The molecule has 0 aromatic heterocycles. The van der Waals surface area contributed by atoms with Crippen molar-refractivity contribution < 1.29 is 9.84 Å². The van der Waals surface area contributed by atoms with Crippen LogP contribution in [0.3, 0.4) is 0 Å². The van der Waals surface area contributed by atoms with Gasteiger partial charge in [-0.25, -0.2) is 0 Å². The fraction of sp³-hybridized carbons (Fsp3) is 0.368. The molecule has 1 unspecified atom stereocenters. The van der Waals surface area contributed by atoms with Gasteiger partial charge < -0.3 is 9.84 Å². The number of benzene rings is 2. The Bertz CT molecular complexity index is 639. The van der Waals surface area contributed by atoms with Crippen LogP contribution in [0.25, 0.3) is 0 Å². The van der Waals surface area contributed by atoms with Crippen LogP contribution in [0.2, 0.25) is 0 Å². The lowest BCUT2D eigenvalue weighted by Gasteiger charge is -2.17. The SMILES string of the molecule is Cc1cc(C)c(C(O)c2ccc(OC3CC3)cc2)cc1C. The molecule has 1 N–H and O–H groups in total. The highest BCUT2D eigenvalue weighted by molar-refractivity contribution is 5.42. The predicted molar refractivity (Wildman–Crippen MR) is 84.8 cm³/mol. The Kier molecular flexibility index (Phi) is 3.73. The van der Waals surface area contributed by atoms with E-state index in [1.807, 2.05) is 24.3 Å². The largest absolute Gasteiger partial charge is 0.490 e. The van der Waals surface area contributed by atoms with Crippen LogP contribution >= 0.6 is 0 Å². The molecule has 0 saturated heterocycles. The molecule has 3 rings (SSSR count). The highest BCUT2D eigenvalue weighted by Crippen LogP contribution is 2.30. The van der Waals surface area contributed by atoms with Crippen LogP contribution in [0.4, 0.5) is 0 Å². The Labute approximate surface area is 126 Å². The fourth-order valence-corrected chi connectivity index (χ4v) is 2.56. The molecule has 2 heteroatoms. The van der Waals surface area contributed by atoms with Crippen molar-refractivity contribution in [3.8, 4) is 5.75 Å². The smallest absolute Gasteiger partial charge is 0.119 e. The summed E-state index contributed by atoms with van der Waals surface area (Å²) in [5.74, 6) is 0.894. The van der Waals surface area contributed by atoms with Crippen molar-refractivity contribution in [2.75, 3.05) is 0 Å². The Balaban J connectivity index is 1.83. The lowest BCUT2D eigenvalue weighted by atomic mass is 9.93. The van der Waals surface area contributed by atoms with Gasteiger partial charge in [-0.3, -0.25) is 0 Å². The highest BCUT2D eigenvalue weighted by Gasteiger charge is 2.23. The monoisotopic (exact) mass is 282 g/mol. The first-order chi connectivity index (χ1) is 10.0. The summed E-state index contributed by atoms with van der Waals surface area (Å²) in [7, 11) is 0. The number of ether oxygens (including phenoxy) is 1. The van der Waals surface area contributed by atoms with Crippen LogP contribution in [0.5, 0.6) is 5.75 Å². The number of aryl methyl sites for hydroxylation is 3. The fourth-order valence-electron chi connectivity index (χ4n) is 2.56. The molecular formula is C19H22O2. The van der Waals surface area contributed by atoms with Gasteiger partial charge in [-0.15, -0.1) is 0 Å². The van der Waals surface area contributed by atoms with Gasteiger partial charge in [0.05, 0.1) is 6.10 Å². The summed E-state index contributed by atoms with van der Waals surface area (Å²) in [6, 6.07) is 12.0. The van der Waals surface area contributed by atoms with E-state index >= 15 is 0 Å². The zero-order valence-corrected chi connectivity index (χ0v) is 12.9. The van der Waals surface area contributed by atoms with Gasteiger partial charge in [0.1, 0.15) is 11.9 Å². The van der Waals surface area contributed by atoms with Crippen molar-refractivity contribution in [1.29, 1.82) is 0 Å². The lowest BCUT2D eigenvalue weighted by molar-refractivity contribution is 0.219. The molecule has 2 aromatic carbocycles. The van der Waals surface area contributed by atoms with Crippen LogP contribution in [-0.2, 0) is 0 Å². The molecule has 2 aromatic rings. The second-order valence-corrected chi connectivity index (χ2v) is 6.08. The number of aliphatic hydroxyl groups is 1. The first kappa shape index (κ1) is 14.2. The Morgan fingerprint density at radius 1 is 0.952 bits per heavy atom. The van der Waals surface area contributed by atoms with Gasteiger partial charge in [0.2, 0.25) is 0 Å². The third-order valence-corrected chi connectivity index (χ3v) is 4.20. The van der Waals surface area contributed by atoms with E-state index in [1.165, 1.54) is 11.1 Å². The van der Waals surface area contributed by atoms with Crippen LogP contribution in [0, 0.1) is 20.8 Å². The maximum absolute atomic E-state index is 10.6. The van der Waals surface area contributed by atoms with Crippen LogP contribution < -0.4 is 4.74 Å². The molecule has 0 bridgehead atoms. The van der Waals surface area contributed by atoms with Gasteiger partial charge in [0, 0.05) is 0 Å². The second-order valence-electron chi connectivity index (χ2n) is 6.08. The summed E-state index contributed by atoms with van der Waals surface area (Å²) in [6.45, 7) is 6.23. The molecule has 1 aliphatic rings. The van der Waals surface area contributed by atoms with E-state index in [-0.39, 0.29) is 0 Å². The number of rotatable bonds is 4. The van der Waals surface area contributed by atoms with Crippen LogP contribution in [-0.4, -0.2) is 11.2 Å². The number of hydrogen-bond donors (Lipinski definition) is 1. The molecule has 0 spiro atoms. The summed E-state index contributed by atoms with van der Waals surface area (Å²) in [5, 5.41) is 10.6. The van der Waals surface area contributed by atoms with E-state index in [1.54, 1.807) is 0 Å².